The van der Waals surface area contributed by atoms with Crippen molar-refractivity contribution in [1.82, 2.24) is 0 Å². The predicted octanol–water partition coefficient (Wildman–Crippen LogP) is -0.0388. The van der Waals surface area contributed by atoms with Gasteiger partial charge in [0.25, 0.3) is 6.43 Å². The lowest BCUT2D eigenvalue weighted by atomic mass is 10.3. The van der Waals surface area contributed by atoms with Crippen LogP contribution in [0.2, 0.25) is 0 Å². The summed E-state index contributed by atoms with van der Waals surface area (Å²) in [6.07, 6.45) is -4.23. The van der Waals surface area contributed by atoms with Gasteiger partial charge in [0, 0.05) is 0 Å². The van der Waals surface area contributed by atoms with Crippen LogP contribution >= 0.6 is 0 Å². The zero-order valence-corrected chi connectivity index (χ0v) is 4.35. The summed E-state index contributed by atoms with van der Waals surface area (Å²) in [5.74, 6) is 0. The Morgan fingerprint density at radius 2 is 2.00 bits per heavy atom. The molecule has 0 saturated carbocycles. The van der Waals surface area contributed by atoms with Crippen molar-refractivity contribution >= 4 is 0 Å². The smallest absolute Gasteiger partial charge is 0.264 e. The van der Waals surface area contributed by atoms with Gasteiger partial charge in [0.15, 0.2) is 0 Å². The summed E-state index contributed by atoms with van der Waals surface area (Å²) in [7, 11) is 0. The summed E-state index contributed by atoms with van der Waals surface area (Å²) < 4.78 is 22.6. The highest BCUT2D eigenvalue weighted by molar-refractivity contribution is 4.56. The molecule has 0 rings (SSSR count). The monoisotopic (exact) mass is 125 g/mol. The Morgan fingerprint density at radius 3 is 2.12 bits per heavy atom. The molecule has 0 aromatic rings. The van der Waals surface area contributed by atoms with E-state index < -0.39 is 12.5 Å². The van der Waals surface area contributed by atoms with Crippen LogP contribution in [0.25, 0.3) is 0 Å². The molecule has 4 heteroatoms. The molecule has 0 aliphatic rings. The minimum Gasteiger partial charge on any atom is -0.387 e. The number of hydrogen-bond acceptors (Lipinski definition) is 2. The lowest BCUT2D eigenvalue weighted by Crippen LogP contribution is -2.20. The Morgan fingerprint density at radius 1 is 1.50 bits per heavy atom. The van der Waals surface area contributed by atoms with Gasteiger partial charge >= 0.3 is 0 Å². The molecule has 0 aromatic heterocycles. The molecule has 0 heterocycles. The standard InChI is InChI=1S/C4H9F2NO/c5-4(6)3(8)1-2-7/h3-4,8H,1-2,7H2/t3-/m0/s1. The van der Waals surface area contributed by atoms with Crippen molar-refractivity contribution < 1.29 is 13.9 Å². The Labute approximate surface area is 46.3 Å². The van der Waals surface area contributed by atoms with E-state index in [1.807, 2.05) is 0 Å². The average Bonchev–Trinajstić information content (AvgIpc) is 1.67. The molecular formula is C4H9F2NO. The molecular weight excluding hydrogens is 116 g/mol. The van der Waals surface area contributed by atoms with Crippen molar-refractivity contribution in [2.75, 3.05) is 6.54 Å². The van der Waals surface area contributed by atoms with E-state index in [-0.39, 0.29) is 13.0 Å². The molecule has 0 aliphatic carbocycles. The molecule has 0 aromatic carbocycles. The number of aliphatic hydroxyl groups excluding tert-OH is 1. The van der Waals surface area contributed by atoms with E-state index in [0.717, 1.165) is 0 Å². The number of hydrogen-bond donors (Lipinski definition) is 2. The number of nitrogens with two attached hydrogens (primary N) is 1. The molecule has 0 aliphatic heterocycles. The number of halogens is 2. The van der Waals surface area contributed by atoms with E-state index >= 15 is 0 Å². The van der Waals surface area contributed by atoms with Crippen LogP contribution in [0, 0.1) is 0 Å². The highest BCUT2D eigenvalue weighted by atomic mass is 19.3. The Hall–Kier alpha value is -0.220. The van der Waals surface area contributed by atoms with Crippen molar-refractivity contribution in [3.8, 4) is 0 Å². The molecule has 0 amide bonds. The number of alkyl halides is 2. The van der Waals surface area contributed by atoms with E-state index in [1.165, 1.54) is 0 Å². The van der Waals surface area contributed by atoms with Gasteiger partial charge in [-0.1, -0.05) is 0 Å². The predicted molar refractivity (Wildman–Crippen MR) is 25.7 cm³/mol. The lowest BCUT2D eigenvalue weighted by Gasteiger charge is -2.04. The zero-order chi connectivity index (χ0) is 6.57. The van der Waals surface area contributed by atoms with Crippen molar-refractivity contribution in [3.63, 3.8) is 0 Å². The first-order valence-corrected chi connectivity index (χ1v) is 2.34. The molecule has 0 bridgehead atoms. The van der Waals surface area contributed by atoms with E-state index in [4.69, 9.17) is 10.8 Å². The van der Waals surface area contributed by atoms with Crippen LogP contribution < -0.4 is 5.73 Å². The second kappa shape index (κ2) is 3.74. The molecule has 1 atom stereocenters. The minimum atomic E-state index is -2.65. The van der Waals surface area contributed by atoms with Gasteiger partial charge in [0.05, 0.1) is 0 Å². The zero-order valence-electron chi connectivity index (χ0n) is 4.35. The van der Waals surface area contributed by atoms with Gasteiger partial charge in [0.1, 0.15) is 6.10 Å². The molecule has 0 saturated heterocycles. The van der Waals surface area contributed by atoms with Crippen molar-refractivity contribution in [1.29, 1.82) is 0 Å². The van der Waals surface area contributed by atoms with Gasteiger partial charge in [-0.25, -0.2) is 8.78 Å². The van der Waals surface area contributed by atoms with E-state index in [1.54, 1.807) is 0 Å². The normalized spacial score (nSPS) is 14.6. The fourth-order valence-corrected chi connectivity index (χ4v) is 0.297. The van der Waals surface area contributed by atoms with Gasteiger partial charge in [-0.05, 0) is 13.0 Å². The molecule has 0 spiro atoms. The molecule has 2 nitrogen and oxygen atoms in total. The largest absolute Gasteiger partial charge is 0.387 e. The highest BCUT2D eigenvalue weighted by Gasteiger charge is 2.14. The van der Waals surface area contributed by atoms with Crippen LogP contribution in [0.1, 0.15) is 6.42 Å². The minimum absolute atomic E-state index is 0.0301. The third-order valence-electron chi connectivity index (χ3n) is 0.753. The SMILES string of the molecule is NCC[C@H](O)C(F)F. The first kappa shape index (κ1) is 7.78. The topological polar surface area (TPSA) is 46.2 Å². The fourth-order valence-electron chi connectivity index (χ4n) is 0.297. The summed E-state index contributed by atoms with van der Waals surface area (Å²) in [4.78, 5) is 0. The maximum absolute atomic E-state index is 11.3. The van der Waals surface area contributed by atoms with Gasteiger partial charge in [-0.3, -0.25) is 0 Å². The third kappa shape index (κ3) is 2.87. The average molecular weight is 125 g/mol. The molecule has 3 N–H and O–H groups in total. The first-order chi connectivity index (χ1) is 3.68. The van der Waals surface area contributed by atoms with E-state index in [2.05, 4.69) is 0 Å². The summed E-state index contributed by atoms with van der Waals surface area (Å²) >= 11 is 0. The maximum atomic E-state index is 11.3. The number of aliphatic hydroxyl groups is 1. The molecule has 0 unspecified atom stereocenters. The summed E-state index contributed by atoms with van der Waals surface area (Å²) in [5.41, 5.74) is 4.87. The number of rotatable bonds is 3. The summed E-state index contributed by atoms with van der Waals surface area (Å²) in [5, 5.41) is 8.30. The van der Waals surface area contributed by atoms with E-state index in [0.29, 0.717) is 0 Å². The van der Waals surface area contributed by atoms with Crippen LogP contribution in [-0.2, 0) is 0 Å². The second-order valence-electron chi connectivity index (χ2n) is 1.48. The van der Waals surface area contributed by atoms with Gasteiger partial charge < -0.3 is 10.8 Å². The van der Waals surface area contributed by atoms with Crippen molar-refractivity contribution in [3.05, 3.63) is 0 Å². The van der Waals surface area contributed by atoms with Gasteiger partial charge in [-0.15, -0.1) is 0 Å². The summed E-state index contributed by atoms with van der Waals surface area (Å²) in [6, 6.07) is 0. The quantitative estimate of drug-likeness (QED) is 0.556. The maximum Gasteiger partial charge on any atom is 0.264 e. The van der Waals surface area contributed by atoms with Crippen LogP contribution in [0.4, 0.5) is 8.78 Å². The van der Waals surface area contributed by atoms with Gasteiger partial charge in [0.2, 0.25) is 0 Å². The first-order valence-electron chi connectivity index (χ1n) is 2.34. The Bertz CT molecular complexity index is 60.0. The van der Waals surface area contributed by atoms with Crippen molar-refractivity contribution in [2.45, 2.75) is 19.0 Å². The Kier molecular flexibility index (Phi) is 3.64. The van der Waals surface area contributed by atoms with Crippen LogP contribution in [0.5, 0.6) is 0 Å². The second-order valence-corrected chi connectivity index (χ2v) is 1.48. The Balaban J connectivity index is 3.17. The van der Waals surface area contributed by atoms with Crippen LogP contribution in [0.15, 0.2) is 0 Å². The van der Waals surface area contributed by atoms with Crippen molar-refractivity contribution in [2.24, 2.45) is 5.73 Å². The van der Waals surface area contributed by atoms with Gasteiger partial charge in [-0.2, -0.15) is 0 Å². The van der Waals surface area contributed by atoms with Crippen LogP contribution in [-0.4, -0.2) is 24.2 Å². The molecule has 0 radical (unpaired) electrons. The molecule has 50 valence electrons. The third-order valence-corrected chi connectivity index (χ3v) is 0.753. The van der Waals surface area contributed by atoms with Crippen LogP contribution in [0.3, 0.4) is 0 Å². The summed E-state index contributed by atoms with van der Waals surface area (Å²) in [6.45, 7) is 0.103. The molecule has 8 heavy (non-hydrogen) atoms. The highest BCUT2D eigenvalue weighted by Crippen LogP contribution is 2.02. The molecule has 0 fully saturated rings. The lowest BCUT2D eigenvalue weighted by molar-refractivity contribution is -0.00727. The van der Waals surface area contributed by atoms with E-state index in [9.17, 15) is 8.78 Å². The fraction of sp³-hybridized carbons (Fsp3) is 1.00.